The molecular formula is C21H17Cl2N3O2. The van der Waals surface area contributed by atoms with Gasteiger partial charge in [-0.1, -0.05) is 53.5 Å². The molecule has 2 amide bonds. The van der Waals surface area contributed by atoms with E-state index in [1.807, 2.05) is 30.3 Å². The summed E-state index contributed by atoms with van der Waals surface area (Å²) in [4.78, 5) is 24.4. The molecule has 0 fully saturated rings. The van der Waals surface area contributed by atoms with E-state index in [0.717, 1.165) is 10.8 Å². The summed E-state index contributed by atoms with van der Waals surface area (Å²) in [6.07, 6.45) is 0.0109. The third kappa shape index (κ3) is 5.09. The number of anilines is 1. The van der Waals surface area contributed by atoms with Crippen LogP contribution in [0.4, 0.5) is 5.69 Å². The SMILES string of the molecule is C/C(CC(=O)Nc1ccc(Cl)cc1Cl)=N/NC(=O)c1ccc2ccccc2c1. The van der Waals surface area contributed by atoms with Crippen molar-refractivity contribution < 1.29 is 9.59 Å². The number of nitrogens with one attached hydrogen (secondary N) is 2. The van der Waals surface area contributed by atoms with Crippen molar-refractivity contribution in [2.75, 3.05) is 5.32 Å². The molecule has 3 rings (SSSR count). The van der Waals surface area contributed by atoms with Gasteiger partial charge < -0.3 is 5.32 Å². The van der Waals surface area contributed by atoms with Crippen LogP contribution in [0.1, 0.15) is 23.7 Å². The van der Waals surface area contributed by atoms with E-state index in [1.54, 1.807) is 37.3 Å². The number of fused-ring (bicyclic) bond motifs is 1. The van der Waals surface area contributed by atoms with E-state index in [1.165, 1.54) is 0 Å². The molecule has 3 aromatic rings. The van der Waals surface area contributed by atoms with E-state index in [0.29, 0.717) is 27.0 Å². The van der Waals surface area contributed by atoms with Crippen molar-refractivity contribution in [3.05, 3.63) is 76.3 Å². The second-order valence-corrected chi connectivity index (χ2v) is 7.04. The Labute approximate surface area is 172 Å². The standard InChI is InChI=1S/C21H17Cl2N3O2/c1-13(10-20(27)24-19-9-8-17(22)12-18(19)23)25-26-21(28)16-7-6-14-4-2-3-5-15(14)11-16/h2-9,11-12H,10H2,1H3,(H,24,27)(H,26,28)/b25-13-. The lowest BCUT2D eigenvalue weighted by molar-refractivity contribution is -0.115. The molecule has 28 heavy (non-hydrogen) atoms. The number of carbonyl (C=O) groups excluding carboxylic acids is 2. The van der Waals surface area contributed by atoms with Gasteiger partial charge in [0.25, 0.3) is 5.91 Å². The minimum atomic E-state index is -0.341. The Bertz CT molecular complexity index is 1080. The summed E-state index contributed by atoms with van der Waals surface area (Å²) >= 11 is 11.9. The first-order valence-corrected chi connectivity index (χ1v) is 9.25. The number of carbonyl (C=O) groups is 2. The number of rotatable bonds is 5. The highest BCUT2D eigenvalue weighted by atomic mass is 35.5. The zero-order valence-electron chi connectivity index (χ0n) is 15.0. The van der Waals surface area contributed by atoms with Gasteiger partial charge in [-0.15, -0.1) is 0 Å². The molecule has 0 aliphatic carbocycles. The van der Waals surface area contributed by atoms with Gasteiger partial charge in [-0.05, 0) is 48.0 Å². The molecule has 5 nitrogen and oxygen atoms in total. The van der Waals surface area contributed by atoms with Crippen LogP contribution in [0.25, 0.3) is 10.8 Å². The quantitative estimate of drug-likeness (QED) is 0.441. The fourth-order valence-corrected chi connectivity index (χ4v) is 3.05. The van der Waals surface area contributed by atoms with E-state index in [4.69, 9.17) is 23.2 Å². The number of amides is 2. The maximum Gasteiger partial charge on any atom is 0.271 e. The molecule has 0 unspecified atom stereocenters. The number of benzene rings is 3. The molecule has 0 saturated heterocycles. The number of hydrogen-bond acceptors (Lipinski definition) is 3. The van der Waals surface area contributed by atoms with Gasteiger partial charge in [-0.2, -0.15) is 5.10 Å². The van der Waals surface area contributed by atoms with E-state index in [9.17, 15) is 9.59 Å². The smallest absolute Gasteiger partial charge is 0.271 e. The van der Waals surface area contributed by atoms with Crippen LogP contribution in [0.2, 0.25) is 10.0 Å². The average molecular weight is 414 g/mol. The van der Waals surface area contributed by atoms with Crippen molar-refractivity contribution in [3.63, 3.8) is 0 Å². The number of halogens is 2. The topological polar surface area (TPSA) is 70.6 Å². The molecule has 0 spiro atoms. The maximum atomic E-state index is 12.3. The number of hydrazone groups is 1. The van der Waals surface area contributed by atoms with E-state index in [-0.39, 0.29) is 18.2 Å². The summed E-state index contributed by atoms with van der Waals surface area (Å²) in [6, 6.07) is 18.0. The Balaban J connectivity index is 1.59. The fraction of sp³-hybridized carbons (Fsp3) is 0.0952. The van der Waals surface area contributed by atoms with Crippen LogP contribution in [0.3, 0.4) is 0 Å². The molecule has 0 bridgehead atoms. The van der Waals surface area contributed by atoms with Crippen molar-refractivity contribution >= 4 is 57.2 Å². The van der Waals surface area contributed by atoms with Crippen LogP contribution >= 0.6 is 23.2 Å². The van der Waals surface area contributed by atoms with Crippen LogP contribution in [0.5, 0.6) is 0 Å². The first-order chi connectivity index (χ1) is 13.4. The first kappa shape index (κ1) is 19.9. The van der Waals surface area contributed by atoms with Gasteiger partial charge in [-0.25, -0.2) is 5.43 Å². The molecule has 0 aromatic heterocycles. The molecule has 0 saturated carbocycles. The Morgan fingerprint density at radius 1 is 0.964 bits per heavy atom. The highest BCUT2D eigenvalue weighted by molar-refractivity contribution is 6.36. The van der Waals surface area contributed by atoms with Crippen LogP contribution in [-0.2, 0) is 4.79 Å². The van der Waals surface area contributed by atoms with Crippen LogP contribution < -0.4 is 10.7 Å². The summed E-state index contributed by atoms with van der Waals surface area (Å²) in [5.41, 5.74) is 3.89. The number of hydrogen-bond donors (Lipinski definition) is 2. The Hall–Kier alpha value is -2.89. The highest BCUT2D eigenvalue weighted by Gasteiger charge is 2.09. The minimum absolute atomic E-state index is 0.0109. The Kier molecular flexibility index (Phi) is 6.29. The molecule has 2 N–H and O–H groups in total. The monoisotopic (exact) mass is 413 g/mol. The molecule has 7 heteroatoms. The first-order valence-electron chi connectivity index (χ1n) is 8.49. The third-order valence-electron chi connectivity index (χ3n) is 3.98. The number of nitrogens with zero attached hydrogens (tertiary/aromatic N) is 1. The normalized spacial score (nSPS) is 11.3. The minimum Gasteiger partial charge on any atom is -0.324 e. The molecule has 0 atom stereocenters. The lowest BCUT2D eigenvalue weighted by Crippen LogP contribution is -2.21. The predicted molar refractivity (Wildman–Crippen MR) is 114 cm³/mol. The summed E-state index contributed by atoms with van der Waals surface area (Å²) < 4.78 is 0. The molecule has 142 valence electrons. The molecule has 0 radical (unpaired) electrons. The van der Waals surface area contributed by atoms with Gasteiger partial charge in [0.1, 0.15) is 0 Å². The van der Waals surface area contributed by atoms with E-state index in [2.05, 4.69) is 15.8 Å². The van der Waals surface area contributed by atoms with E-state index < -0.39 is 0 Å². The molecule has 3 aromatic carbocycles. The van der Waals surface area contributed by atoms with Crippen LogP contribution in [0.15, 0.2) is 65.8 Å². The molecule has 0 aliphatic heterocycles. The third-order valence-corrected chi connectivity index (χ3v) is 4.53. The molecular weight excluding hydrogens is 397 g/mol. The lowest BCUT2D eigenvalue weighted by Gasteiger charge is -2.08. The summed E-state index contributed by atoms with van der Waals surface area (Å²) in [6.45, 7) is 1.66. The van der Waals surface area contributed by atoms with Gasteiger partial charge in [0, 0.05) is 16.3 Å². The second kappa shape index (κ2) is 8.87. The summed E-state index contributed by atoms with van der Waals surface area (Å²) in [5.74, 6) is -0.642. The van der Waals surface area contributed by atoms with E-state index >= 15 is 0 Å². The summed E-state index contributed by atoms with van der Waals surface area (Å²) in [5, 5.41) is 9.54. The van der Waals surface area contributed by atoms with Crippen molar-refractivity contribution in [3.8, 4) is 0 Å². The van der Waals surface area contributed by atoms with Gasteiger partial charge in [0.05, 0.1) is 17.1 Å². The van der Waals surface area contributed by atoms with Gasteiger partial charge in [0.15, 0.2) is 0 Å². The van der Waals surface area contributed by atoms with Crippen molar-refractivity contribution in [2.45, 2.75) is 13.3 Å². The van der Waals surface area contributed by atoms with Gasteiger partial charge in [0.2, 0.25) is 5.91 Å². The van der Waals surface area contributed by atoms with Crippen LogP contribution in [0, 0.1) is 0 Å². The zero-order valence-corrected chi connectivity index (χ0v) is 16.5. The second-order valence-electron chi connectivity index (χ2n) is 6.20. The lowest BCUT2D eigenvalue weighted by atomic mass is 10.1. The maximum absolute atomic E-state index is 12.3. The Morgan fingerprint density at radius 2 is 1.71 bits per heavy atom. The van der Waals surface area contributed by atoms with Crippen molar-refractivity contribution in [1.82, 2.24) is 5.43 Å². The predicted octanol–water partition coefficient (Wildman–Crippen LogP) is 5.28. The summed E-state index contributed by atoms with van der Waals surface area (Å²) in [7, 11) is 0. The van der Waals surface area contributed by atoms with Crippen molar-refractivity contribution in [1.29, 1.82) is 0 Å². The molecule has 0 aliphatic rings. The highest BCUT2D eigenvalue weighted by Crippen LogP contribution is 2.25. The van der Waals surface area contributed by atoms with Gasteiger partial charge in [-0.3, -0.25) is 9.59 Å². The van der Waals surface area contributed by atoms with Crippen molar-refractivity contribution in [2.24, 2.45) is 5.10 Å². The largest absolute Gasteiger partial charge is 0.324 e. The fourth-order valence-electron chi connectivity index (χ4n) is 2.60. The van der Waals surface area contributed by atoms with Crippen LogP contribution in [-0.4, -0.2) is 17.5 Å². The average Bonchev–Trinajstić information content (AvgIpc) is 2.68. The molecule has 0 heterocycles. The Morgan fingerprint density at radius 3 is 2.46 bits per heavy atom. The zero-order chi connectivity index (χ0) is 20.1. The van der Waals surface area contributed by atoms with Gasteiger partial charge >= 0.3 is 0 Å².